The zero-order valence-electron chi connectivity index (χ0n) is 19.0. The molecule has 0 aliphatic heterocycles. The largest absolute Gasteiger partial charge is 0.473 e. The molecule has 0 unspecified atom stereocenters. The third-order valence-corrected chi connectivity index (χ3v) is 4.91. The number of hydrogen-bond donors (Lipinski definition) is 0. The Balaban J connectivity index is 7.45. The summed E-state index contributed by atoms with van der Waals surface area (Å²) in [5, 5.41) is 0. The summed E-state index contributed by atoms with van der Waals surface area (Å²) < 4.78 is 334. The quantitative estimate of drug-likeness (QED) is 0.122. The van der Waals surface area contributed by atoms with Crippen molar-refractivity contribution in [3.05, 3.63) is 12.2 Å². The van der Waals surface area contributed by atoms with E-state index in [-0.39, 0.29) is 6.92 Å². The molecular weight excluding hydrogens is 699 g/mol. The van der Waals surface area contributed by atoms with Crippen LogP contribution in [0.5, 0.6) is 0 Å². The highest BCUT2D eigenvalue weighted by molar-refractivity contribution is 5.87. The number of rotatable bonds is 11. The molecule has 0 heterocycles. The van der Waals surface area contributed by atoms with Crippen LogP contribution in [-0.2, 0) is 9.53 Å². The summed E-state index contributed by atoms with van der Waals surface area (Å²) in [4.78, 5) is 10.8. The van der Waals surface area contributed by atoms with Gasteiger partial charge in [-0.25, -0.2) is 9.18 Å². The fraction of sp³-hybridized carbons (Fsp3) is 0.812. The first-order valence-electron chi connectivity index (χ1n) is 9.19. The molecule has 0 spiro atoms. The maximum absolute atomic E-state index is 13.7. The van der Waals surface area contributed by atoms with E-state index in [4.69, 9.17) is 0 Å². The Morgan fingerprint density at radius 1 is 0.419 bits per heavy atom. The Morgan fingerprint density at radius 3 is 0.837 bits per heavy atom. The van der Waals surface area contributed by atoms with Crippen LogP contribution in [-0.4, -0.2) is 77.5 Å². The normalized spacial score (nSPS) is 16.3. The molecule has 0 aliphatic rings. The summed E-state index contributed by atoms with van der Waals surface area (Å²) in [7, 11) is 0. The predicted molar refractivity (Wildman–Crippen MR) is 81.4 cm³/mol. The lowest BCUT2D eigenvalue weighted by molar-refractivity contribution is -0.489. The number of carbonyl (C=O) groups excluding carboxylic acids is 1. The minimum atomic E-state index is -9.73. The molecule has 0 amide bonds. The summed E-state index contributed by atoms with van der Waals surface area (Å²) in [6, 6.07) is 0. The zero-order chi connectivity index (χ0) is 35.9. The summed E-state index contributed by atoms with van der Waals surface area (Å²) in [6.45, 7) is 2.54. The van der Waals surface area contributed by atoms with Crippen molar-refractivity contribution in [2.24, 2.45) is 0 Å². The van der Waals surface area contributed by atoms with Gasteiger partial charge < -0.3 is 4.74 Å². The van der Waals surface area contributed by atoms with Crippen molar-refractivity contribution in [3.8, 4) is 0 Å². The third-order valence-electron chi connectivity index (χ3n) is 4.91. The Hall–Kier alpha value is -2.54. The van der Waals surface area contributed by atoms with Gasteiger partial charge in [0.2, 0.25) is 0 Å². The van der Waals surface area contributed by atoms with Gasteiger partial charge in [-0.05, 0) is 6.92 Å². The van der Waals surface area contributed by atoms with Crippen LogP contribution in [0.4, 0.5) is 110 Å². The fourth-order valence-corrected chi connectivity index (χ4v) is 2.37. The average molecular weight is 704 g/mol. The second kappa shape index (κ2) is 9.98. The summed E-state index contributed by atoms with van der Waals surface area (Å²) in [5.41, 5.74) is -10.7. The van der Waals surface area contributed by atoms with Gasteiger partial charge in [-0.3, -0.25) is 0 Å². The van der Waals surface area contributed by atoms with Gasteiger partial charge in [-0.1, -0.05) is 6.58 Å². The van der Waals surface area contributed by atoms with Crippen molar-refractivity contribution in [1.29, 1.82) is 0 Å². The van der Waals surface area contributed by atoms with Gasteiger partial charge >= 0.3 is 77.5 Å². The van der Waals surface area contributed by atoms with Gasteiger partial charge in [-0.2, -0.15) is 105 Å². The number of halogens is 25. The molecule has 0 aliphatic carbocycles. The number of carbonyl (C=O) groups is 1. The van der Waals surface area contributed by atoms with Crippen molar-refractivity contribution in [1.82, 2.24) is 0 Å². The van der Waals surface area contributed by atoms with E-state index in [9.17, 15) is 115 Å². The summed E-state index contributed by atoms with van der Waals surface area (Å²) >= 11 is 0. The molecule has 27 heteroatoms. The first-order chi connectivity index (χ1) is 18.1. The van der Waals surface area contributed by atoms with Gasteiger partial charge in [-0.15, -0.1) is 0 Å². The molecule has 0 rings (SSSR count). The standard InChI is InChI=1S/C16H5F25O2/c1-3(2)4(42)43-16(40,41)13(32,33)12(30,31)11(28,29)10(26,27)9(24,25)8(22,23)7(20,21)6(18,19)5(17,14(34,35)36)15(37,38)39/h1H2,2H3. The Kier molecular flexibility index (Phi) is 9.39. The molecule has 0 saturated carbocycles. The average Bonchev–Trinajstić information content (AvgIpc) is 2.75. The molecule has 0 radical (unpaired) electrons. The predicted octanol–water partition coefficient (Wildman–Crippen LogP) is 8.61. The van der Waals surface area contributed by atoms with E-state index in [0.717, 1.165) is 0 Å². The van der Waals surface area contributed by atoms with E-state index < -0.39 is 83.1 Å². The van der Waals surface area contributed by atoms with E-state index in [0.29, 0.717) is 0 Å². The van der Waals surface area contributed by atoms with Crippen LogP contribution in [0.25, 0.3) is 0 Å². The molecule has 0 saturated heterocycles. The second-order valence-electron chi connectivity index (χ2n) is 7.94. The number of ether oxygens (including phenoxy) is 1. The topological polar surface area (TPSA) is 26.3 Å². The molecule has 0 aromatic heterocycles. The smallest absolute Gasteiger partial charge is 0.393 e. The summed E-state index contributed by atoms with van der Waals surface area (Å²) in [5.74, 6) is -78.3. The van der Waals surface area contributed by atoms with Crippen LogP contribution in [0.1, 0.15) is 6.92 Å². The first kappa shape index (κ1) is 40.5. The highest BCUT2D eigenvalue weighted by atomic mass is 19.4. The van der Waals surface area contributed by atoms with Crippen molar-refractivity contribution < 1.29 is 119 Å². The van der Waals surface area contributed by atoms with Crippen LogP contribution in [0.3, 0.4) is 0 Å². The molecule has 0 atom stereocenters. The molecule has 43 heavy (non-hydrogen) atoms. The lowest BCUT2D eigenvalue weighted by atomic mass is 9.82. The highest BCUT2D eigenvalue weighted by Crippen LogP contribution is 2.68. The Morgan fingerprint density at radius 2 is 0.628 bits per heavy atom. The van der Waals surface area contributed by atoms with E-state index in [1.165, 1.54) is 0 Å². The molecule has 2 nitrogen and oxygen atoms in total. The van der Waals surface area contributed by atoms with Crippen molar-refractivity contribution in [2.45, 2.75) is 78.4 Å². The van der Waals surface area contributed by atoms with Crippen LogP contribution in [0, 0.1) is 0 Å². The minimum Gasteiger partial charge on any atom is -0.393 e. The maximum atomic E-state index is 13.7. The van der Waals surface area contributed by atoms with Gasteiger partial charge in [0, 0.05) is 5.57 Å². The van der Waals surface area contributed by atoms with Crippen LogP contribution in [0.2, 0.25) is 0 Å². The van der Waals surface area contributed by atoms with Gasteiger partial charge in [0.05, 0.1) is 0 Å². The van der Waals surface area contributed by atoms with E-state index in [2.05, 4.69) is 11.3 Å². The second-order valence-corrected chi connectivity index (χ2v) is 7.94. The molecule has 0 aromatic carbocycles. The molecule has 0 N–H and O–H groups in total. The SMILES string of the molecule is C=C(C)C(=O)OC(F)(F)C(F)(F)C(F)(F)C(F)(F)C(F)(F)C(F)(F)C(F)(F)C(F)(F)C(F)(F)C(F)(C(F)(F)F)C(F)(F)F. The Bertz CT molecular complexity index is 1060. The number of hydrogen-bond acceptors (Lipinski definition) is 2. The monoisotopic (exact) mass is 704 g/mol. The van der Waals surface area contributed by atoms with E-state index >= 15 is 0 Å². The van der Waals surface area contributed by atoms with Crippen LogP contribution < -0.4 is 0 Å². The minimum absolute atomic E-state index is 0.208. The lowest BCUT2D eigenvalue weighted by Gasteiger charge is -2.46. The first-order valence-corrected chi connectivity index (χ1v) is 9.19. The van der Waals surface area contributed by atoms with Crippen molar-refractivity contribution >= 4 is 5.97 Å². The molecular formula is C16H5F25O2. The highest BCUT2D eigenvalue weighted by Gasteiger charge is 3.00. The summed E-state index contributed by atoms with van der Waals surface area (Å²) in [6.07, 6.45) is -24.9. The van der Waals surface area contributed by atoms with E-state index in [1.807, 2.05) is 0 Å². The van der Waals surface area contributed by atoms with Crippen LogP contribution >= 0.6 is 0 Å². The van der Waals surface area contributed by atoms with E-state index in [1.54, 1.807) is 0 Å². The Labute approximate surface area is 217 Å². The van der Waals surface area contributed by atoms with Gasteiger partial charge in [0.15, 0.2) is 0 Å². The number of alkyl halides is 25. The molecule has 0 aromatic rings. The molecule has 256 valence electrons. The third kappa shape index (κ3) is 4.98. The zero-order valence-corrected chi connectivity index (χ0v) is 19.0. The molecule has 0 bridgehead atoms. The number of esters is 1. The van der Waals surface area contributed by atoms with Crippen molar-refractivity contribution in [3.63, 3.8) is 0 Å². The maximum Gasteiger partial charge on any atom is 0.473 e. The van der Waals surface area contributed by atoms with Gasteiger partial charge in [0.25, 0.3) is 0 Å². The fourth-order valence-electron chi connectivity index (χ4n) is 2.37. The van der Waals surface area contributed by atoms with Gasteiger partial charge in [0.1, 0.15) is 0 Å². The molecule has 0 fully saturated rings. The lowest BCUT2D eigenvalue weighted by Crippen LogP contribution is -2.79. The van der Waals surface area contributed by atoms with Crippen molar-refractivity contribution in [2.75, 3.05) is 0 Å². The van der Waals surface area contributed by atoms with Crippen LogP contribution in [0.15, 0.2) is 12.2 Å².